The number of hydrogen-bond donors (Lipinski definition) is 1. The van der Waals surface area contributed by atoms with Gasteiger partial charge in [-0.2, -0.15) is 0 Å². The third-order valence-electron chi connectivity index (χ3n) is 3.88. The minimum absolute atomic E-state index is 0.112. The number of amides is 1. The molecule has 0 bridgehead atoms. The zero-order chi connectivity index (χ0) is 13.2. The van der Waals surface area contributed by atoms with E-state index in [-0.39, 0.29) is 5.91 Å². The largest absolute Gasteiger partial charge is 0.336 e. The van der Waals surface area contributed by atoms with Crippen molar-refractivity contribution in [3.8, 4) is 0 Å². The Labute approximate surface area is 122 Å². The van der Waals surface area contributed by atoms with E-state index in [1.54, 1.807) is 0 Å². The molecule has 1 aromatic heterocycles. The van der Waals surface area contributed by atoms with Crippen molar-refractivity contribution in [2.45, 2.75) is 31.7 Å². The number of nitrogens with zero attached hydrogens (tertiary/aromatic N) is 1. The summed E-state index contributed by atoms with van der Waals surface area (Å²) in [6, 6.07) is 2.27. The number of carbonyl (C=O) groups excluding carboxylic acids is 1. The highest BCUT2D eigenvalue weighted by Gasteiger charge is 2.30. The summed E-state index contributed by atoms with van der Waals surface area (Å²) in [5.41, 5.74) is 0. The Morgan fingerprint density at radius 2 is 2.26 bits per heavy atom. The Kier molecular flexibility index (Phi) is 4.10. The predicted molar refractivity (Wildman–Crippen MR) is 79.0 cm³/mol. The maximum Gasteiger partial charge on any atom is 0.265 e. The average Bonchev–Trinajstić information content (AvgIpc) is 2.88. The van der Waals surface area contributed by atoms with Gasteiger partial charge in [-0.3, -0.25) is 4.79 Å². The fourth-order valence-electron chi connectivity index (χ4n) is 2.62. The van der Waals surface area contributed by atoms with Gasteiger partial charge in [-0.05, 0) is 49.6 Å². The zero-order valence-corrected chi connectivity index (χ0v) is 12.5. The fourth-order valence-corrected chi connectivity index (χ4v) is 3.72. The Bertz CT molecular complexity index is 452. The van der Waals surface area contributed by atoms with Gasteiger partial charge in [0.2, 0.25) is 0 Å². The number of halogens is 1. The lowest BCUT2D eigenvalue weighted by molar-refractivity contribution is 0.0738. The second kappa shape index (κ2) is 5.81. The van der Waals surface area contributed by atoms with Crippen LogP contribution >= 0.6 is 22.9 Å². The lowest BCUT2D eigenvalue weighted by Crippen LogP contribution is -2.42. The molecule has 3 nitrogen and oxygen atoms in total. The van der Waals surface area contributed by atoms with Crippen molar-refractivity contribution in [1.82, 2.24) is 10.2 Å². The second-order valence-corrected chi connectivity index (χ2v) is 6.87. The third-order valence-corrected chi connectivity index (χ3v) is 5.21. The van der Waals surface area contributed by atoms with Crippen molar-refractivity contribution in [1.29, 1.82) is 0 Å². The van der Waals surface area contributed by atoms with Crippen molar-refractivity contribution >= 4 is 28.8 Å². The summed E-state index contributed by atoms with van der Waals surface area (Å²) in [5, 5.41) is 5.95. The normalized spacial score (nSPS) is 22.7. The highest BCUT2D eigenvalue weighted by molar-refractivity contribution is 7.12. The van der Waals surface area contributed by atoms with Crippen LogP contribution in [0.1, 0.15) is 35.4 Å². The molecule has 0 aromatic carbocycles. The molecule has 2 aliphatic rings. The van der Waals surface area contributed by atoms with Crippen LogP contribution in [0.3, 0.4) is 0 Å². The first-order chi connectivity index (χ1) is 9.24. The monoisotopic (exact) mass is 298 g/mol. The molecule has 2 heterocycles. The molecular weight excluding hydrogens is 280 g/mol. The molecule has 1 atom stereocenters. The smallest absolute Gasteiger partial charge is 0.265 e. The predicted octanol–water partition coefficient (Wildman–Crippen LogP) is 3.01. The van der Waals surface area contributed by atoms with Gasteiger partial charge in [-0.25, -0.2) is 0 Å². The molecule has 1 aliphatic heterocycles. The van der Waals surface area contributed by atoms with Gasteiger partial charge >= 0.3 is 0 Å². The second-order valence-electron chi connectivity index (χ2n) is 5.54. The van der Waals surface area contributed by atoms with Crippen LogP contribution in [0.5, 0.6) is 0 Å². The zero-order valence-electron chi connectivity index (χ0n) is 10.9. The summed E-state index contributed by atoms with van der Waals surface area (Å²) in [5.74, 6) is 0.824. The molecule has 1 aliphatic carbocycles. The number of thiophene rings is 1. The van der Waals surface area contributed by atoms with Crippen LogP contribution in [0, 0.1) is 5.92 Å². The van der Waals surface area contributed by atoms with Crippen LogP contribution in [-0.2, 0) is 0 Å². The number of carbonyl (C=O) groups is 1. The highest BCUT2D eigenvalue weighted by Crippen LogP contribution is 2.31. The molecule has 1 saturated carbocycles. The van der Waals surface area contributed by atoms with Gasteiger partial charge < -0.3 is 10.2 Å². The highest BCUT2D eigenvalue weighted by atomic mass is 35.5. The Morgan fingerprint density at radius 1 is 1.42 bits per heavy atom. The van der Waals surface area contributed by atoms with E-state index in [9.17, 15) is 4.79 Å². The van der Waals surface area contributed by atoms with Gasteiger partial charge in [0.05, 0.1) is 5.02 Å². The summed E-state index contributed by atoms with van der Waals surface area (Å²) in [6.07, 6.45) is 4.92. The number of nitrogens with one attached hydrogen (secondary N) is 1. The summed E-state index contributed by atoms with van der Waals surface area (Å²) in [6.45, 7) is 2.80. The summed E-state index contributed by atoms with van der Waals surface area (Å²) < 4.78 is 0. The SMILES string of the molecule is O=C(c1sccc1Cl)N(CC1CC1)CC1CCCN1. The number of hydrogen-bond acceptors (Lipinski definition) is 3. The van der Waals surface area contributed by atoms with Crippen LogP contribution in [-0.4, -0.2) is 36.5 Å². The van der Waals surface area contributed by atoms with Crippen LogP contribution in [0.2, 0.25) is 5.02 Å². The average molecular weight is 299 g/mol. The Balaban J connectivity index is 1.69. The standard InChI is InChI=1S/C14H19ClN2OS/c15-12-5-7-19-13(12)14(18)17(8-10-3-4-10)9-11-2-1-6-16-11/h5,7,10-11,16H,1-4,6,8-9H2. The van der Waals surface area contributed by atoms with Gasteiger partial charge in [-0.1, -0.05) is 11.6 Å². The van der Waals surface area contributed by atoms with E-state index in [4.69, 9.17) is 11.6 Å². The van der Waals surface area contributed by atoms with E-state index in [2.05, 4.69) is 5.32 Å². The van der Waals surface area contributed by atoms with Crippen molar-refractivity contribution in [2.24, 2.45) is 5.92 Å². The molecule has 19 heavy (non-hydrogen) atoms. The molecule has 0 spiro atoms. The maximum atomic E-state index is 12.6. The molecule has 1 amide bonds. The first kappa shape index (κ1) is 13.4. The van der Waals surface area contributed by atoms with Crippen LogP contribution in [0.25, 0.3) is 0 Å². The molecule has 1 unspecified atom stereocenters. The van der Waals surface area contributed by atoms with Crippen LogP contribution < -0.4 is 5.32 Å². The molecular formula is C14H19ClN2OS. The third kappa shape index (κ3) is 3.30. The topological polar surface area (TPSA) is 32.3 Å². The van der Waals surface area contributed by atoms with Gasteiger partial charge in [-0.15, -0.1) is 11.3 Å². The van der Waals surface area contributed by atoms with Crippen LogP contribution in [0.15, 0.2) is 11.4 Å². The van der Waals surface area contributed by atoms with E-state index in [1.807, 2.05) is 16.3 Å². The lowest BCUT2D eigenvalue weighted by atomic mass is 10.2. The van der Waals surface area contributed by atoms with Gasteiger partial charge in [0, 0.05) is 19.1 Å². The lowest BCUT2D eigenvalue weighted by Gasteiger charge is -2.25. The van der Waals surface area contributed by atoms with E-state index < -0.39 is 0 Å². The molecule has 3 rings (SSSR count). The van der Waals surface area contributed by atoms with Crippen molar-refractivity contribution < 1.29 is 4.79 Å². The van der Waals surface area contributed by atoms with E-state index >= 15 is 0 Å². The van der Waals surface area contributed by atoms with E-state index in [1.165, 1.54) is 37.0 Å². The first-order valence-corrected chi connectivity index (χ1v) is 8.25. The molecule has 104 valence electrons. The molecule has 0 radical (unpaired) electrons. The molecule has 5 heteroatoms. The summed E-state index contributed by atoms with van der Waals surface area (Å²) in [7, 11) is 0. The molecule has 2 fully saturated rings. The van der Waals surface area contributed by atoms with Crippen molar-refractivity contribution in [3.05, 3.63) is 21.3 Å². The fraction of sp³-hybridized carbons (Fsp3) is 0.643. The van der Waals surface area contributed by atoms with Gasteiger partial charge in [0.1, 0.15) is 4.88 Å². The van der Waals surface area contributed by atoms with Crippen LogP contribution in [0.4, 0.5) is 0 Å². The first-order valence-electron chi connectivity index (χ1n) is 6.99. The van der Waals surface area contributed by atoms with Crippen molar-refractivity contribution in [2.75, 3.05) is 19.6 Å². The van der Waals surface area contributed by atoms with Gasteiger partial charge in [0.15, 0.2) is 0 Å². The minimum atomic E-state index is 0.112. The van der Waals surface area contributed by atoms with E-state index in [0.29, 0.717) is 21.9 Å². The van der Waals surface area contributed by atoms with Crippen molar-refractivity contribution in [3.63, 3.8) is 0 Å². The summed E-state index contributed by atoms with van der Waals surface area (Å²) >= 11 is 7.54. The number of rotatable bonds is 5. The summed E-state index contributed by atoms with van der Waals surface area (Å²) in [4.78, 5) is 15.3. The molecule has 1 aromatic rings. The molecule has 1 N–H and O–H groups in total. The molecule has 1 saturated heterocycles. The quantitative estimate of drug-likeness (QED) is 0.906. The Morgan fingerprint density at radius 3 is 2.84 bits per heavy atom. The maximum absolute atomic E-state index is 12.6. The van der Waals surface area contributed by atoms with E-state index in [0.717, 1.165) is 19.6 Å². The van der Waals surface area contributed by atoms with Gasteiger partial charge in [0.25, 0.3) is 5.91 Å². The minimum Gasteiger partial charge on any atom is -0.336 e. The Hall–Kier alpha value is -0.580.